The lowest BCUT2D eigenvalue weighted by atomic mass is 9.95. The number of benzene rings is 3. The molecule has 1 aromatic heterocycles. The monoisotopic (exact) mass is 576 g/mol. The van der Waals surface area contributed by atoms with Gasteiger partial charge in [0.1, 0.15) is 30.2 Å². The number of alkyl carbamates (subject to hydrolysis) is 1. The van der Waals surface area contributed by atoms with E-state index in [9.17, 15) is 9.59 Å². The van der Waals surface area contributed by atoms with Gasteiger partial charge in [-0.1, -0.05) is 30.3 Å². The maximum atomic E-state index is 16.0. The molecule has 2 heterocycles. The van der Waals surface area contributed by atoms with Gasteiger partial charge in [-0.15, -0.1) is 0 Å². The fourth-order valence-electron chi connectivity index (χ4n) is 4.99. The number of ether oxygens (including phenoxy) is 3. The quantitative estimate of drug-likeness (QED) is 0.238. The van der Waals surface area contributed by atoms with Gasteiger partial charge in [-0.2, -0.15) is 0 Å². The number of fused-ring (bicyclic) bond motifs is 2. The summed E-state index contributed by atoms with van der Waals surface area (Å²) in [5, 5.41) is 2.95. The number of halogens is 1. The van der Waals surface area contributed by atoms with Gasteiger partial charge in [0.05, 0.1) is 26.4 Å². The molecule has 0 fully saturated rings. The summed E-state index contributed by atoms with van der Waals surface area (Å²) in [4.78, 5) is 25.6. The molecule has 8 nitrogen and oxygen atoms in total. The minimum absolute atomic E-state index is 0.105. The van der Waals surface area contributed by atoms with Crippen LogP contribution in [0.1, 0.15) is 53.2 Å². The predicted octanol–water partition coefficient (Wildman–Crippen LogP) is 6.94. The SMILES string of the molecule is [2H]c1oc2c(-c3cccc(CNC(=O)OC(C)(C)C)c3F)cc([C@H]3CN(C)c4cccc(CCOC(C)=O)c4O3)cc2c1[2H]. The van der Waals surface area contributed by atoms with E-state index >= 15 is 4.39 Å². The predicted molar refractivity (Wildman–Crippen MR) is 158 cm³/mol. The molecule has 0 spiro atoms. The molecule has 42 heavy (non-hydrogen) atoms. The van der Waals surface area contributed by atoms with Crippen molar-refractivity contribution in [3.8, 4) is 16.9 Å². The van der Waals surface area contributed by atoms with Crippen molar-refractivity contribution in [1.82, 2.24) is 5.32 Å². The number of carbonyl (C=O) groups excluding carboxylic acids is 2. The molecule has 1 atom stereocenters. The van der Waals surface area contributed by atoms with Gasteiger partial charge in [0.25, 0.3) is 0 Å². The number of anilines is 1. The zero-order chi connectivity index (χ0) is 31.8. The average molecular weight is 577 g/mol. The van der Waals surface area contributed by atoms with Crippen molar-refractivity contribution in [2.45, 2.75) is 52.4 Å². The van der Waals surface area contributed by atoms with Crippen LogP contribution in [0.15, 0.2) is 65.2 Å². The molecule has 0 saturated carbocycles. The second-order valence-corrected chi connectivity index (χ2v) is 11.3. The van der Waals surface area contributed by atoms with Crippen LogP contribution >= 0.6 is 0 Å². The van der Waals surface area contributed by atoms with Gasteiger partial charge in [0.2, 0.25) is 0 Å². The Labute approximate surface area is 247 Å². The molecule has 0 radical (unpaired) electrons. The van der Waals surface area contributed by atoms with Gasteiger partial charge in [-0.05, 0) is 56.1 Å². The van der Waals surface area contributed by atoms with Gasteiger partial charge in [0.15, 0.2) is 0 Å². The van der Waals surface area contributed by atoms with Crippen LogP contribution in [0.4, 0.5) is 14.9 Å². The van der Waals surface area contributed by atoms with E-state index in [1.54, 1.807) is 51.1 Å². The Bertz CT molecular complexity index is 1730. The van der Waals surface area contributed by atoms with E-state index in [4.69, 9.17) is 21.4 Å². The number of nitrogens with one attached hydrogen (secondary N) is 1. The molecule has 0 saturated heterocycles. The lowest BCUT2D eigenvalue weighted by Gasteiger charge is -2.35. The first-order valence-corrected chi connectivity index (χ1v) is 13.7. The number of nitrogens with zero attached hydrogens (tertiary/aromatic N) is 1. The van der Waals surface area contributed by atoms with Crippen molar-refractivity contribution >= 4 is 28.7 Å². The summed E-state index contributed by atoms with van der Waals surface area (Å²) in [6, 6.07) is 14.0. The Kier molecular flexibility index (Phi) is 7.38. The number of carbonyl (C=O) groups is 2. The molecule has 4 aromatic rings. The van der Waals surface area contributed by atoms with Crippen LogP contribution in [-0.2, 0) is 27.2 Å². The van der Waals surface area contributed by atoms with E-state index in [1.807, 2.05) is 25.2 Å². The number of hydrogen-bond acceptors (Lipinski definition) is 7. The third-order valence-electron chi connectivity index (χ3n) is 6.88. The maximum Gasteiger partial charge on any atom is 0.407 e. The molecule has 3 aromatic carbocycles. The molecule has 1 N–H and O–H groups in total. The highest BCUT2D eigenvalue weighted by molar-refractivity contribution is 5.93. The summed E-state index contributed by atoms with van der Waals surface area (Å²) in [7, 11) is 1.94. The minimum Gasteiger partial charge on any atom is -0.481 e. The van der Waals surface area contributed by atoms with Gasteiger partial charge < -0.3 is 28.8 Å². The first-order valence-electron chi connectivity index (χ1n) is 14.7. The van der Waals surface area contributed by atoms with E-state index in [0.29, 0.717) is 35.2 Å². The summed E-state index contributed by atoms with van der Waals surface area (Å²) in [6.07, 6.45) is -1.04. The molecule has 5 rings (SSSR count). The van der Waals surface area contributed by atoms with Crippen molar-refractivity contribution in [1.29, 1.82) is 0 Å². The first kappa shape index (κ1) is 26.4. The zero-order valence-corrected chi connectivity index (χ0v) is 24.3. The van der Waals surface area contributed by atoms with Crippen molar-refractivity contribution in [2.24, 2.45) is 0 Å². The number of amides is 1. The highest BCUT2D eigenvalue weighted by atomic mass is 19.1. The molecule has 0 unspecified atom stereocenters. The molecular weight excluding hydrogens is 539 g/mol. The number of furan rings is 1. The number of esters is 1. The van der Waals surface area contributed by atoms with E-state index in [1.165, 1.54) is 6.92 Å². The van der Waals surface area contributed by atoms with Crippen LogP contribution in [0.2, 0.25) is 0 Å². The highest BCUT2D eigenvalue weighted by Gasteiger charge is 2.28. The summed E-state index contributed by atoms with van der Waals surface area (Å²) in [5.41, 5.74) is 2.74. The lowest BCUT2D eigenvalue weighted by molar-refractivity contribution is -0.140. The average Bonchev–Trinajstić information content (AvgIpc) is 3.24. The maximum absolute atomic E-state index is 16.0. The van der Waals surface area contributed by atoms with Crippen LogP contribution in [0, 0.1) is 5.82 Å². The number of likely N-dealkylation sites (N-methyl/N-ethyl adjacent to an activating group) is 1. The standard InChI is InChI=1S/C33H35FN2O6/c1-20(37)39-14-12-21-8-7-11-27-31(21)41-28(19-36(27)5)24-16-22-13-15-40-30(22)26(17-24)25-10-6-9-23(29(25)34)18-35-32(38)42-33(2,3)4/h6-11,13,15-17,28H,12,14,18-19H2,1-5H3,(H,35,38)/t28-/m1/s1/i13D,15D. The lowest BCUT2D eigenvalue weighted by Crippen LogP contribution is -2.32. The molecule has 1 aliphatic rings. The molecule has 0 aliphatic carbocycles. The summed E-state index contributed by atoms with van der Waals surface area (Å²) >= 11 is 0. The van der Waals surface area contributed by atoms with Crippen molar-refractivity contribution in [3.05, 3.63) is 83.3 Å². The van der Waals surface area contributed by atoms with E-state index in [2.05, 4.69) is 10.2 Å². The van der Waals surface area contributed by atoms with Crippen LogP contribution in [0.5, 0.6) is 5.75 Å². The van der Waals surface area contributed by atoms with Gasteiger partial charge in [-0.25, -0.2) is 9.18 Å². The van der Waals surface area contributed by atoms with E-state index in [-0.39, 0.29) is 48.1 Å². The van der Waals surface area contributed by atoms with Crippen LogP contribution in [-0.4, -0.2) is 37.9 Å². The Balaban J connectivity index is 1.52. The van der Waals surface area contributed by atoms with Gasteiger partial charge in [-0.3, -0.25) is 4.79 Å². The van der Waals surface area contributed by atoms with E-state index < -0.39 is 23.6 Å². The fourth-order valence-corrected chi connectivity index (χ4v) is 4.99. The Hall–Kier alpha value is -4.53. The third kappa shape index (κ3) is 6.35. The molecular formula is C33H35FN2O6. The summed E-state index contributed by atoms with van der Waals surface area (Å²) < 4.78 is 55.3. The minimum atomic E-state index is -0.698. The largest absolute Gasteiger partial charge is 0.481 e. The fraction of sp³-hybridized carbons (Fsp3) is 0.333. The Morgan fingerprint density at radius 2 is 1.90 bits per heavy atom. The second kappa shape index (κ2) is 11.8. The topological polar surface area (TPSA) is 90.2 Å². The van der Waals surface area contributed by atoms with Crippen LogP contribution in [0.3, 0.4) is 0 Å². The molecule has 0 bridgehead atoms. The molecule has 9 heteroatoms. The Morgan fingerprint density at radius 3 is 2.67 bits per heavy atom. The molecule has 220 valence electrons. The number of hydrogen-bond donors (Lipinski definition) is 1. The molecule has 1 aliphatic heterocycles. The van der Waals surface area contributed by atoms with Crippen LogP contribution < -0.4 is 15.0 Å². The van der Waals surface area contributed by atoms with Crippen molar-refractivity contribution in [3.63, 3.8) is 0 Å². The van der Waals surface area contributed by atoms with Crippen molar-refractivity contribution < 1.29 is 35.3 Å². The smallest absolute Gasteiger partial charge is 0.407 e. The normalized spacial score (nSPS) is 15.4. The van der Waals surface area contributed by atoms with Gasteiger partial charge in [0, 0.05) is 49.0 Å². The van der Waals surface area contributed by atoms with Gasteiger partial charge >= 0.3 is 12.1 Å². The van der Waals surface area contributed by atoms with Crippen molar-refractivity contribution in [2.75, 3.05) is 25.1 Å². The number of para-hydroxylation sites is 1. The van der Waals surface area contributed by atoms with Crippen LogP contribution in [0.25, 0.3) is 22.1 Å². The third-order valence-corrected chi connectivity index (χ3v) is 6.88. The highest BCUT2D eigenvalue weighted by Crippen LogP contribution is 2.42. The first-order chi connectivity index (χ1) is 20.8. The molecule has 1 amide bonds. The summed E-state index contributed by atoms with van der Waals surface area (Å²) in [6.45, 7) is 7.16. The Morgan fingerprint density at radius 1 is 1.14 bits per heavy atom. The summed E-state index contributed by atoms with van der Waals surface area (Å²) in [5.74, 6) is -0.277. The zero-order valence-electron chi connectivity index (χ0n) is 26.3. The van der Waals surface area contributed by atoms with E-state index in [0.717, 1.165) is 11.3 Å². The number of rotatable bonds is 7. The second-order valence-electron chi connectivity index (χ2n) is 11.3.